The van der Waals surface area contributed by atoms with Crippen LogP contribution in [-0.4, -0.2) is 59.5 Å². The van der Waals surface area contributed by atoms with Crippen molar-refractivity contribution in [2.45, 2.75) is 45.8 Å². The normalized spacial score (nSPS) is 11.7. The first-order valence-electron chi connectivity index (χ1n) is 11.8. The van der Waals surface area contributed by atoms with Crippen molar-refractivity contribution in [1.82, 2.24) is 20.3 Å². The molecule has 0 spiro atoms. The van der Waals surface area contributed by atoms with Crippen LogP contribution in [0.15, 0.2) is 54.7 Å². The Morgan fingerprint density at radius 3 is 2.47 bits per heavy atom. The first-order chi connectivity index (χ1) is 16.2. The van der Waals surface area contributed by atoms with Gasteiger partial charge in [-0.3, -0.25) is 14.4 Å². The Kier molecular flexibility index (Phi) is 8.85. The molecule has 7 nitrogen and oxygen atoms in total. The van der Waals surface area contributed by atoms with E-state index in [1.54, 1.807) is 6.20 Å². The maximum Gasteiger partial charge on any atom is 0.253 e. The van der Waals surface area contributed by atoms with Gasteiger partial charge in [0.05, 0.1) is 17.7 Å². The molecule has 0 saturated carbocycles. The lowest BCUT2D eigenvalue weighted by Gasteiger charge is -2.26. The Balaban J connectivity index is 1.35. The van der Waals surface area contributed by atoms with Crippen molar-refractivity contribution in [2.75, 3.05) is 26.7 Å². The fourth-order valence-electron chi connectivity index (χ4n) is 3.81. The second kappa shape index (κ2) is 11.8. The topological polar surface area (TPSA) is 77.7 Å². The number of aromatic amines is 1. The molecule has 2 N–H and O–H groups in total. The second-order valence-electron chi connectivity index (χ2n) is 9.61. The molecule has 182 valence electrons. The summed E-state index contributed by atoms with van der Waals surface area (Å²) >= 11 is 0. The van der Waals surface area contributed by atoms with Crippen molar-refractivity contribution in [3.63, 3.8) is 0 Å². The first kappa shape index (κ1) is 25.5. The van der Waals surface area contributed by atoms with E-state index in [0.29, 0.717) is 18.7 Å². The van der Waals surface area contributed by atoms with Crippen LogP contribution < -0.4 is 5.32 Å². The van der Waals surface area contributed by atoms with Crippen LogP contribution in [0.5, 0.6) is 0 Å². The van der Waals surface area contributed by atoms with Crippen molar-refractivity contribution in [3.8, 4) is 0 Å². The van der Waals surface area contributed by atoms with Crippen molar-refractivity contribution in [3.05, 3.63) is 71.4 Å². The third-order valence-corrected chi connectivity index (χ3v) is 5.49. The van der Waals surface area contributed by atoms with Crippen LogP contribution in [0.25, 0.3) is 10.9 Å². The molecular formula is C27H36N4O3. The number of hydrogen-bond donors (Lipinski definition) is 2. The molecular weight excluding hydrogens is 428 g/mol. The summed E-state index contributed by atoms with van der Waals surface area (Å²) in [6, 6.07) is 16.1. The molecule has 2 aromatic carbocycles. The molecule has 0 saturated heterocycles. The average Bonchev–Trinajstić information content (AvgIpc) is 3.23. The Labute approximate surface area is 202 Å². The molecule has 0 atom stereocenters. The van der Waals surface area contributed by atoms with E-state index in [0.717, 1.165) is 48.8 Å². The van der Waals surface area contributed by atoms with Crippen LogP contribution in [0.2, 0.25) is 0 Å². The second-order valence-corrected chi connectivity index (χ2v) is 9.61. The molecule has 1 heterocycles. The molecule has 2 amide bonds. The van der Waals surface area contributed by atoms with Crippen molar-refractivity contribution in [2.24, 2.45) is 0 Å². The van der Waals surface area contributed by atoms with E-state index in [9.17, 15) is 9.59 Å². The van der Waals surface area contributed by atoms with Crippen LogP contribution in [0, 0.1) is 0 Å². The smallest absolute Gasteiger partial charge is 0.253 e. The van der Waals surface area contributed by atoms with Crippen LogP contribution in [-0.2, 0) is 22.6 Å². The van der Waals surface area contributed by atoms with Gasteiger partial charge >= 0.3 is 0 Å². The largest absolute Gasteiger partial charge is 0.360 e. The van der Waals surface area contributed by atoms with Crippen LogP contribution in [0.3, 0.4) is 0 Å². The van der Waals surface area contributed by atoms with Crippen molar-refractivity contribution >= 4 is 23.2 Å². The highest BCUT2D eigenvalue weighted by Gasteiger charge is 2.16. The number of fused-ring (bicyclic) bond motifs is 1. The van der Waals surface area contributed by atoms with Crippen molar-refractivity contribution in [1.29, 1.82) is 0 Å². The Bertz CT molecular complexity index is 1070. The van der Waals surface area contributed by atoms with E-state index < -0.39 is 5.60 Å². The summed E-state index contributed by atoms with van der Waals surface area (Å²) in [5.41, 5.74) is 3.54. The summed E-state index contributed by atoms with van der Waals surface area (Å²) < 4.78 is 0. The zero-order chi connectivity index (χ0) is 24.6. The molecule has 0 unspecified atom stereocenters. The van der Waals surface area contributed by atoms with Crippen LogP contribution in [0.1, 0.15) is 48.7 Å². The highest BCUT2D eigenvalue weighted by Crippen LogP contribution is 2.17. The molecule has 7 heteroatoms. The van der Waals surface area contributed by atoms with Gasteiger partial charge in [0.25, 0.3) is 5.91 Å². The highest BCUT2D eigenvalue weighted by atomic mass is 16.7. The van der Waals surface area contributed by atoms with E-state index in [-0.39, 0.29) is 5.91 Å². The Hall–Kier alpha value is -3.16. The minimum atomic E-state index is -0.411. The maximum absolute atomic E-state index is 12.5. The standard InChI is InChI=1S/C27H36N4O3/c1-27(2,3)34-31(20-32)19-22-13-11-21(12-14-22)8-7-16-30(4)17-15-28-26(33)24-18-29-25-10-6-5-9-23(24)25/h5-6,9-14,18,20,29H,7-8,15-17,19H2,1-4H3,(H,28,33). The zero-order valence-corrected chi connectivity index (χ0v) is 20.6. The number of para-hydroxylation sites is 1. The Morgan fingerprint density at radius 2 is 1.76 bits per heavy atom. The van der Waals surface area contributed by atoms with Gasteiger partial charge in [0.2, 0.25) is 6.41 Å². The van der Waals surface area contributed by atoms with E-state index in [2.05, 4.69) is 34.4 Å². The molecule has 0 fully saturated rings. The molecule has 0 radical (unpaired) electrons. The summed E-state index contributed by atoms with van der Waals surface area (Å²) in [6.45, 7) is 8.52. The predicted molar refractivity (Wildman–Crippen MR) is 135 cm³/mol. The minimum Gasteiger partial charge on any atom is -0.360 e. The summed E-state index contributed by atoms with van der Waals surface area (Å²) in [7, 11) is 2.07. The molecule has 1 aromatic heterocycles. The van der Waals surface area contributed by atoms with E-state index in [1.165, 1.54) is 10.6 Å². The number of amides is 2. The molecule has 0 aliphatic rings. The van der Waals surface area contributed by atoms with Gasteiger partial charge in [-0.25, -0.2) is 5.06 Å². The lowest BCUT2D eigenvalue weighted by atomic mass is 10.1. The number of rotatable bonds is 12. The molecule has 34 heavy (non-hydrogen) atoms. The number of H-pyrrole nitrogens is 1. The van der Waals surface area contributed by atoms with Gasteiger partial charge in [-0.1, -0.05) is 42.5 Å². The number of hydroxylamine groups is 2. The zero-order valence-electron chi connectivity index (χ0n) is 20.6. The SMILES string of the molecule is CN(CCCc1ccc(CN(C=O)OC(C)(C)C)cc1)CCNC(=O)c1c[nH]c2ccccc12. The number of aryl methyl sites for hydroxylation is 1. The monoisotopic (exact) mass is 464 g/mol. The van der Waals surface area contributed by atoms with Crippen molar-refractivity contribution < 1.29 is 14.4 Å². The number of carbonyl (C=O) groups excluding carboxylic acids is 2. The number of nitrogens with one attached hydrogen (secondary N) is 2. The molecule has 0 aliphatic heterocycles. The van der Waals surface area contributed by atoms with Gasteiger partial charge < -0.3 is 15.2 Å². The molecule has 0 bridgehead atoms. The third kappa shape index (κ3) is 7.71. The van der Waals surface area contributed by atoms with Crippen LogP contribution >= 0.6 is 0 Å². The average molecular weight is 465 g/mol. The lowest BCUT2D eigenvalue weighted by Crippen LogP contribution is -2.33. The van der Waals surface area contributed by atoms with Gasteiger partial charge in [-0.15, -0.1) is 0 Å². The Morgan fingerprint density at radius 1 is 1.06 bits per heavy atom. The summed E-state index contributed by atoms with van der Waals surface area (Å²) in [4.78, 5) is 34.8. The minimum absolute atomic E-state index is 0.0491. The maximum atomic E-state index is 12.5. The fraction of sp³-hybridized carbons (Fsp3) is 0.407. The predicted octanol–water partition coefficient (Wildman–Crippen LogP) is 4.15. The quantitative estimate of drug-likeness (QED) is 0.312. The van der Waals surface area contributed by atoms with Gasteiger partial charge in [-0.2, -0.15) is 0 Å². The van der Waals surface area contributed by atoms with E-state index >= 15 is 0 Å². The fourth-order valence-corrected chi connectivity index (χ4v) is 3.81. The lowest BCUT2D eigenvalue weighted by molar-refractivity contribution is -0.220. The molecule has 3 rings (SSSR count). The highest BCUT2D eigenvalue weighted by molar-refractivity contribution is 6.06. The number of hydrogen-bond acceptors (Lipinski definition) is 4. The van der Waals surface area contributed by atoms with Gasteiger partial charge in [0.15, 0.2) is 0 Å². The third-order valence-electron chi connectivity index (χ3n) is 5.49. The van der Waals surface area contributed by atoms with Gasteiger partial charge in [-0.05, 0) is 64.4 Å². The number of aromatic nitrogens is 1. The van der Waals surface area contributed by atoms with Gasteiger partial charge in [0, 0.05) is 30.2 Å². The molecule has 3 aromatic rings. The van der Waals surface area contributed by atoms with Gasteiger partial charge in [0.1, 0.15) is 0 Å². The van der Waals surface area contributed by atoms with E-state index in [4.69, 9.17) is 4.84 Å². The summed E-state index contributed by atoms with van der Waals surface area (Å²) in [5.74, 6) is -0.0491. The van der Waals surface area contributed by atoms with E-state index in [1.807, 2.05) is 57.2 Å². The number of benzene rings is 2. The molecule has 0 aliphatic carbocycles. The van der Waals surface area contributed by atoms with Crippen LogP contribution in [0.4, 0.5) is 0 Å². The number of nitrogens with zero attached hydrogens (tertiary/aromatic N) is 2. The first-order valence-corrected chi connectivity index (χ1v) is 11.8. The number of carbonyl (C=O) groups is 2. The number of likely N-dealkylation sites (N-methyl/N-ethyl adjacent to an activating group) is 1. The summed E-state index contributed by atoms with van der Waals surface area (Å²) in [5, 5.41) is 5.30. The summed E-state index contributed by atoms with van der Waals surface area (Å²) in [6.07, 6.45) is 4.49.